The summed E-state index contributed by atoms with van der Waals surface area (Å²) in [6.07, 6.45) is 1.79. The normalized spacial score (nSPS) is 14.8. The van der Waals surface area contributed by atoms with Crippen LogP contribution in [-0.4, -0.2) is 19.6 Å². The van der Waals surface area contributed by atoms with Crippen LogP contribution in [0.5, 0.6) is 5.75 Å². The third-order valence-electron chi connectivity index (χ3n) is 11.4. The quantitative estimate of drug-likeness (QED) is 0.185. The van der Waals surface area contributed by atoms with E-state index >= 15 is 0 Å². The van der Waals surface area contributed by atoms with E-state index < -0.39 is 13.7 Å². The molecule has 4 nitrogen and oxygen atoms in total. The first kappa shape index (κ1) is 28.4. The zero-order chi connectivity index (χ0) is 43.8. The lowest BCUT2D eigenvalue weighted by molar-refractivity contribution is 0.477. The third kappa shape index (κ3) is 5.67. The van der Waals surface area contributed by atoms with E-state index in [0.29, 0.717) is 28.2 Å². The average molecular weight is 742 g/mol. The average Bonchev–Trinajstić information content (AvgIpc) is 3.78. The molecule has 0 aliphatic heterocycles. The van der Waals surface area contributed by atoms with Crippen molar-refractivity contribution in [3.63, 3.8) is 0 Å². The van der Waals surface area contributed by atoms with E-state index in [-0.39, 0.29) is 22.3 Å². The molecule has 274 valence electrons. The predicted molar refractivity (Wildman–Crippen MR) is 235 cm³/mol. The topological polar surface area (TPSA) is 50.9 Å². The van der Waals surface area contributed by atoms with Crippen LogP contribution in [0, 0.1) is 13.7 Å². The summed E-state index contributed by atoms with van der Waals surface area (Å²) in [4.78, 5) is 10.3. The second-order valence-corrected chi connectivity index (χ2v) is 15.2. The summed E-state index contributed by atoms with van der Waals surface area (Å²) in [6, 6.07) is 52.2. The number of aryl methyl sites for hydroxylation is 2. The number of aromatic hydroxyl groups is 1. The van der Waals surface area contributed by atoms with Crippen LogP contribution < -0.4 is 0 Å². The number of hydrogen-bond donors (Lipinski definition) is 1. The molecule has 2 aromatic heterocycles. The van der Waals surface area contributed by atoms with Gasteiger partial charge in [-0.15, -0.1) is 0 Å². The van der Waals surface area contributed by atoms with Gasteiger partial charge in [0.2, 0.25) is 0 Å². The first-order valence-corrected chi connectivity index (χ1v) is 19.0. The van der Waals surface area contributed by atoms with Gasteiger partial charge in [0, 0.05) is 36.5 Å². The molecule has 4 heteroatoms. The van der Waals surface area contributed by atoms with Crippen LogP contribution in [0.15, 0.2) is 170 Å². The van der Waals surface area contributed by atoms with E-state index in [1.807, 2.05) is 89.5 Å². The standard InChI is InChI=1S/C53H41N3O/c1-33-21-24-35(25-22-33)37-27-28-54-46(32-37)38-30-43(50-40-15-8-10-18-44(40)53(3,4)45(50)31-38)39-17-12-19-48-51(39)55-52(41-16-9-11-20-49(41)57)56(48)47-26-23-34(2)29-42(47)36-13-6-5-7-14-36/h5-32,57H,1-4H3/i1D3,2D3. The van der Waals surface area contributed by atoms with Gasteiger partial charge in [0.1, 0.15) is 11.6 Å². The molecular formula is C53H41N3O. The summed E-state index contributed by atoms with van der Waals surface area (Å²) in [5.74, 6) is 0.565. The molecule has 0 atom stereocenters. The van der Waals surface area contributed by atoms with Gasteiger partial charge in [0.15, 0.2) is 0 Å². The number of aromatic nitrogens is 3. The molecule has 0 amide bonds. The van der Waals surface area contributed by atoms with E-state index in [0.717, 1.165) is 61.3 Å². The summed E-state index contributed by atoms with van der Waals surface area (Å²) in [6.45, 7) is -0.0219. The molecule has 10 rings (SSSR count). The van der Waals surface area contributed by atoms with Crippen molar-refractivity contribution < 1.29 is 13.3 Å². The Morgan fingerprint density at radius 2 is 1.28 bits per heavy atom. The van der Waals surface area contributed by atoms with Crippen molar-refractivity contribution in [3.8, 4) is 78.6 Å². The minimum atomic E-state index is -2.33. The fraction of sp³-hybridized carbons (Fsp3) is 0.0943. The first-order valence-electron chi connectivity index (χ1n) is 22.0. The summed E-state index contributed by atoms with van der Waals surface area (Å²) in [7, 11) is 0. The van der Waals surface area contributed by atoms with Crippen LogP contribution in [0.3, 0.4) is 0 Å². The lowest BCUT2D eigenvalue weighted by atomic mass is 9.80. The van der Waals surface area contributed by atoms with E-state index in [2.05, 4.69) is 56.3 Å². The van der Waals surface area contributed by atoms with E-state index in [1.54, 1.807) is 42.6 Å². The number of para-hydroxylation sites is 2. The number of nitrogens with zero attached hydrogens (tertiary/aromatic N) is 3. The highest BCUT2D eigenvalue weighted by atomic mass is 16.3. The number of hydrogen-bond acceptors (Lipinski definition) is 3. The van der Waals surface area contributed by atoms with Crippen LogP contribution in [0.25, 0.3) is 83.9 Å². The number of phenolic OH excluding ortho intramolecular Hbond substituents is 1. The van der Waals surface area contributed by atoms with Gasteiger partial charge >= 0.3 is 0 Å². The molecule has 1 N–H and O–H groups in total. The molecule has 0 radical (unpaired) electrons. The van der Waals surface area contributed by atoms with Gasteiger partial charge in [-0.05, 0) is 113 Å². The number of rotatable bonds is 6. The van der Waals surface area contributed by atoms with E-state index in [4.69, 9.17) is 18.2 Å². The summed E-state index contributed by atoms with van der Waals surface area (Å²) < 4.78 is 50.5. The van der Waals surface area contributed by atoms with Crippen LogP contribution in [0.4, 0.5) is 0 Å². The minimum absolute atomic E-state index is 0.0635. The highest BCUT2D eigenvalue weighted by Gasteiger charge is 2.38. The van der Waals surface area contributed by atoms with Gasteiger partial charge in [-0.25, -0.2) is 4.98 Å². The van der Waals surface area contributed by atoms with Crippen molar-refractivity contribution in [2.45, 2.75) is 33.0 Å². The number of fused-ring (bicyclic) bond motifs is 4. The van der Waals surface area contributed by atoms with Gasteiger partial charge in [0.05, 0.1) is 28.0 Å². The SMILES string of the molecule is [2H]C([2H])([2H])c1ccc(-c2ccnc(-c3cc(-c4cccc5c4nc(-c4ccccc4O)n5-c4ccc(C([2H])([2H])[2H])cc4-c4ccccc4)c4c(c3)C(C)(C)c3ccccc3-4)c2)cc1. The van der Waals surface area contributed by atoms with Crippen molar-refractivity contribution in [2.75, 3.05) is 0 Å². The Hall–Kier alpha value is -7.04. The Labute approximate surface area is 341 Å². The maximum Gasteiger partial charge on any atom is 0.149 e. The van der Waals surface area contributed by atoms with Crippen molar-refractivity contribution in [1.82, 2.24) is 14.5 Å². The molecule has 0 saturated carbocycles. The zero-order valence-electron chi connectivity index (χ0n) is 37.5. The van der Waals surface area contributed by atoms with Crippen molar-refractivity contribution in [1.29, 1.82) is 0 Å². The summed E-state index contributed by atoms with van der Waals surface area (Å²) in [5, 5.41) is 11.4. The number of phenols is 1. The van der Waals surface area contributed by atoms with Crippen molar-refractivity contribution in [3.05, 3.63) is 192 Å². The molecule has 0 saturated heterocycles. The van der Waals surface area contributed by atoms with Gasteiger partial charge in [-0.3, -0.25) is 9.55 Å². The van der Waals surface area contributed by atoms with Gasteiger partial charge in [-0.1, -0.05) is 134 Å². The van der Waals surface area contributed by atoms with Crippen LogP contribution in [-0.2, 0) is 5.41 Å². The van der Waals surface area contributed by atoms with Crippen molar-refractivity contribution in [2.24, 2.45) is 0 Å². The van der Waals surface area contributed by atoms with Crippen LogP contribution in [0.1, 0.15) is 44.3 Å². The smallest absolute Gasteiger partial charge is 0.149 e. The largest absolute Gasteiger partial charge is 0.507 e. The fourth-order valence-electron chi connectivity index (χ4n) is 8.59. The Bertz CT molecular complexity index is 3240. The molecule has 0 spiro atoms. The maximum absolute atomic E-state index is 11.4. The molecule has 0 bridgehead atoms. The van der Waals surface area contributed by atoms with Gasteiger partial charge in [0.25, 0.3) is 0 Å². The second-order valence-electron chi connectivity index (χ2n) is 15.2. The highest BCUT2D eigenvalue weighted by Crippen LogP contribution is 2.54. The molecule has 57 heavy (non-hydrogen) atoms. The Morgan fingerprint density at radius 3 is 2.09 bits per heavy atom. The zero-order valence-corrected chi connectivity index (χ0v) is 31.5. The van der Waals surface area contributed by atoms with Crippen LogP contribution in [0.2, 0.25) is 0 Å². The lowest BCUT2D eigenvalue weighted by Gasteiger charge is -2.23. The summed E-state index contributed by atoms with van der Waals surface area (Å²) in [5.41, 5.74) is 14.3. The Kier molecular flexibility index (Phi) is 6.63. The molecule has 9 aromatic rings. The molecule has 0 unspecified atom stereocenters. The van der Waals surface area contributed by atoms with Crippen LogP contribution >= 0.6 is 0 Å². The van der Waals surface area contributed by atoms with E-state index in [1.165, 1.54) is 5.56 Å². The fourth-order valence-corrected chi connectivity index (χ4v) is 8.59. The number of imidazole rings is 1. The van der Waals surface area contributed by atoms with Gasteiger partial charge < -0.3 is 5.11 Å². The molecule has 1 aliphatic rings. The molecular weight excluding hydrogens is 695 g/mol. The van der Waals surface area contributed by atoms with Crippen molar-refractivity contribution >= 4 is 11.0 Å². The summed E-state index contributed by atoms with van der Waals surface area (Å²) >= 11 is 0. The molecule has 2 heterocycles. The second kappa shape index (κ2) is 13.3. The Balaban J connectivity index is 1.25. The molecule has 0 fully saturated rings. The first-order chi connectivity index (χ1) is 30.2. The van der Waals surface area contributed by atoms with E-state index in [9.17, 15) is 5.11 Å². The molecule has 7 aromatic carbocycles. The maximum atomic E-state index is 11.4. The number of pyridine rings is 1. The third-order valence-corrected chi connectivity index (χ3v) is 11.4. The Morgan fingerprint density at radius 1 is 0.544 bits per heavy atom. The minimum Gasteiger partial charge on any atom is -0.507 e. The van der Waals surface area contributed by atoms with Gasteiger partial charge in [-0.2, -0.15) is 0 Å². The predicted octanol–water partition coefficient (Wildman–Crippen LogP) is 13.4. The monoisotopic (exact) mass is 741 g/mol. The number of benzene rings is 7. The lowest BCUT2D eigenvalue weighted by Crippen LogP contribution is -2.15. The highest BCUT2D eigenvalue weighted by molar-refractivity contribution is 6.04. The molecule has 1 aliphatic carbocycles.